The monoisotopic (exact) mass is 687 g/mol. The number of nitrogens with zero attached hydrogens (tertiary/aromatic N) is 5. The number of aromatic nitrogens is 4. The molecule has 0 unspecified atom stereocenters. The molecule has 4 heterocycles. The zero-order valence-corrected chi connectivity index (χ0v) is 29.0. The van der Waals surface area contributed by atoms with Crippen molar-refractivity contribution in [2.45, 2.75) is 0 Å². The fourth-order valence-electron chi connectivity index (χ4n) is 7.71. The van der Waals surface area contributed by atoms with Crippen molar-refractivity contribution in [1.82, 2.24) is 19.9 Å². The average molecular weight is 688 g/mol. The van der Waals surface area contributed by atoms with E-state index in [0.29, 0.717) is 5.69 Å². The zero-order valence-electron chi connectivity index (χ0n) is 29.0. The third kappa shape index (κ3) is 5.25. The summed E-state index contributed by atoms with van der Waals surface area (Å²) in [5, 5.41) is 6.42. The number of pyridine rings is 4. The van der Waals surface area contributed by atoms with Gasteiger partial charge in [-0.15, -0.1) is 0 Å². The quantitative estimate of drug-likeness (QED) is 0.133. The lowest BCUT2D eigenvalue weighted by molar-refractivity contribution is 1.28. The van der Waals surface area contributed by atoms with Crippen LogP contribution in [0.5, 0.6) is 0 Å². The zero-order chi connectivity index (χ0) is 36.0. The molecule has 0 radical (unpaired) electrons. The van der Waals surface area contributed by atoms with Crippen molar-refractivity contribution in [3.8, 4) is 55.9 Å². The average Bonchev–Trinajstić information content (AvgIpc) is 3.26. The highest BCUT2D eigenvalue weighted by Crippen LogP contribution is 2.42. The first-order valence-electron chi connectivity index (χ1n) is 17.8. The maximum absolute atomic E-state index is 7.65. The van der Waals surface area contributed by atoms with E-state index in [1.165, 1.54) is 0 Å². The Balaban J connectivity index is 1.17. The number of benzene rings is 6. The molecule has 0 atom stereocenters. The van der Waals surface area contributed by atoms with Crippen molar-refractivity contribution in [2.24, 2.45) is 0 Å². The second-order valence-corrected chi connectivity index (χ2v) is 13.3. The van der Waals surface area contributed by atoms with Crippen LogP contribution in [0.25, 0.3) is 104 Å². The first-order chi connectivity index (χ1) is 26.7. The van der Waals surface area contributed by atoms with E-state index >= 15 is 0 Å². The molecule has 0 spiro atoms. The van der Waals surface area contributed by atoms with Gasteiger partial charge in [0, 0.05) is 57.8 Å². The summed E-state index contributed by atoms with van der Waals surface area (Å²) in [6.45, 7) is 7.65. The van der Waals surface area contributed by atoms with Gasteiger partial charge in [0.05, 0.1) is 29.0 Å². The van der Waals surface area contributed by atoms with Crippen LogP contribution in [-0.4, -0.2) is 19.9 Å². The van der Waals surface area contributed by atoms with Crippen LogP contribution in [-0.2, 0) is 0 Å². The number of hydrogen-bond donors (Lipinski definition) is 0. The Morgan fingerprint density at radius 3 is 1.59 bits per heavy atom. The molecule has 0 saturated carbocycles. The minimum atomic E-state index is 0.666. The second kappa shape index (κ2) is 12.9. The summed E-state index contributed by atoms with van der Waals surface area (Å²) in [7, 11) is 0. The van der Waals surface area contributed by atoms with Crippen molar-refractivity contribution < 1.29 is 0 Å². The van der Waals surface area contributed by atoms with Gasteiger partial charge >= 0.3 is 0 Å². The molecule has 0 bridgehead atoms. The molecule has 0 aliphatic rings. The van der Waals surface area contributed by atoms with Crippen LogP contribution in [0, 0.1) is 6.57 Å². The maximum Gasteiger partial charge on any atom is 0.194 e. The summed E-state index contributed by atoms with van der Waals surface area (Å²) in [5.74, 6) is 0. The van der Waals surface area contributed by atoms with Crippen LogP contribution in [0.15, 0.2) is 176 Å². The summed E-state index contributed by atoms with van der Waals surface area (Å²) in [6.07, 6.45) is 7.38. The molecule has 5 nitrogen and oxygen atoms in total. The lowest BCUT2D eigenvalue weighted by Crippen LogP contribution is -1.94. The predicted octanol–water partition coefficient (Wildman–Crippen LogP) is 12.8. The SMILES string of the molecule is [C-]#[N+]c1ccc(-c2ccc(-c3cc4c5cccnc5c(-c5cc(-c6ccccc6)nc(-c6cccnc6)c5)cc4c4cccnc34)cc2)c2ccccc12. The van der Waals surface area contributed by atoms with Gasteiger partial charge in [-0.1, -0.05) is 103 Å². The van der Waals surface area contributed by atoms with E-state index in [1.54, 1.807) is 6.20 Å². The van der Waals surface area contributed by atoms with Gasteiger partial charge in [0.2, 0.25) is 0 Å². The van der Waals surface area contributed by atoms with Gasteiger partial charge in [-0.2, -0.15) is 0 Å². The van der Waals surface area contributed by atoms with E-state index in [0.717, 1.165) is 99.2 Å². The van der Waals surface area contributed by atoms with E-state index < -0.39 is 0 Å². The Morgan fingerprint density at radius 2 is 0.944 bits per heavy atom. The molecule has 6 aromatic carbocycles. The van der Waals surface area contributed by atoms with Gasteiger partial charge in [0.15, 0.2) is 5.69 Å². The Labute approximate surface area is 311 Å². The van der Waals surface area contributed by atoms with Gasteiger partial charge in [-0.3, -0.25) is 15.0 Å². The van der Waals surface area contributed by atoms with Crippen molar-refractivity contribution in [1.29, 1.82) is 0 Å². The number of fused-ring (bicyclic) bond motifs is 6. The molecule has 4 aromatic heterocycles. The maximum atomic E-state index is 7.65. The Bertz CT molecular complexity index is 3040. The van der Waals surface area contributed by atoms with Crippen molar-refractivity contribution in [3.63, 3.8) is 0 Å². The molecule has 250 valence electrons. The lowest BCUT2D eigenvalue weighted by atomic mass is 9.90. The van der Waals surface area contributed by atoms with Crippen molar-refractivity contribution in [3.05, 3.63) is 188 Å². The van der Waals surface area contributed by atoms with Gasteiger partial charge in [-0.05, 0) is 92.3 Å². The van der Waals surface area contributed by atoms with Gasteiger partial charge < -0.3 is 0 Å². The third-order valence-corrected chi connectivity index (χ3v) is 10.3. The Kier molecular flexibility index (Phi) is 7.45. The fourth-order valence-corrected chi connectivity index (χ4v) is 7.71. The van der Waals surface area contributed by atoms with Gasteiger partial charge in [-0.25, -0.2) is 9.83 Å². The van der Waals surface area contributed by atoms with E-state index in [9.17, 15) is 0 Å². The molecule has 0 amide bonds. The molecule has 0 aliphatic heterocycles. The fraction of sp³-hybridized carbons (Fsp3) is 0. The molecule has 10 aromatic rings. The highest BCUT2D eigenvalue weighted by molar-refractivity contribution is 6.22. The summed E-state index contributed by atoms with van der Waals surface area (Å²) >= 11 is 0. The molecule has 0 N–H and O–H groups in total. The molecule has 0 aliphatic carbocycles. The van der Waals surface area contributed by atoms with E-state index in [4.69, 9.17) is 21.5 Å². The highest BCUT2D eigenvalue weighted by atomic mass is 14.7. The highest BCUT2D eigenvalue weighted by Gasteiger charge is 2.18. The van der Waals surface area contributed by atoms with Crippen LogP contribution in [0.4, 0.5) is 5.69 Å². The molecule has 0 saturated heterocycles. The van der Waals surface area contributed by atoms with Crippen LogP contribution < -0.4 is 0 Å². The first kappa shape index (κ1) is 31.2. The predicted molar refractivity (Wildman–Crippen MR) is 221 cm³/mol. The topological polar surface area (TPSA) is 55.9 Å². The normalized spacial score (nSPS) is 11.3. The third-order valence-electron chi connectivity index (χ3n) is 10.3. The molecule has 54 heavy (non-hydrogen) atoms. The van der Waals surface area contributed by atoms with Crippen LogP contribution in [0.1, 0.15) is 0 Å². The first-order valence-corrected chi connectivity index (χ1v) is 17.8. The number of hydrogen-bond acceptors (Lipinski definition) is 4. The molecule has 10 rings (SSSR count). The standard InChI is InChI=1S/C49H29N5/c1-50-45-22-21-36(37-13-5-6-14-38(37)45)31-17-19-32(20-18-31)41-28-43-40-16-9-25-53-49(40)42(29-44(43)39-15-8-24-52-48(39)41)35-26-46(33-10-3-2-4-11-33)54-47(27-35)34-12-7-23-51-30-34/h2-30H. The minimum absolute atomic E-state index is 0.666. The van der Waals surface area contributed by atoms with Crippen LogP contribution >= 0.6 is 0 Å². The second-order valence-electron chi connectivity index (χ2n) is 13.3. The van der Waals surface area contributed by atoms with E-state index in [2.05, 4.69) is 94.8 Å². The summed E-state index contributed by atoms with van der Waals surface area (Å²) < 4.78 is 0. The Hall–Kier alpha value is -7.55. The number of rotatable bonds is 5. The van der Waals surface area contributed by atoms with Crippen LogP contribution in [0.3, 0.4) is 0 Å². The smallest absolute Gasteiger partial charge is 0.194 e. The molecule has 0 fully saturated rings. The summed E-state index contributed by atoms with van der Waals surface area (Å²) in [5.41, 5.74) is 12.7. The summed E-state index contributed by atoms with van der Waals surface area (Å²) in [4.78, 5) is 23.2. The van der Waals surface area contributed by atoms with Gasteiger partial charge in [0.25, 0.3) is 0 Å². The minimum Gasteiger partial charge on any atom is -0.264 e. The largest absolute Gasteiger partial charge is 0.264 e. The Morgan fingerprint density at radius 1 is 0.389 bits per heavy atom. The van der Waals surface area contributed by atoms with Gasteiger partial charge in [0.1, 0.15) is 0 Å². The molecular weight excluding hydrogens is 659 g/mol. The summed E-state index contributed by atoms with van der Waals surface area (Å²) in [6, 6.07) is 52.3. The van der Waals surface area contributed by atoms with E-state index in [1.807, 2.05) is 85.3 Å². The van der Waals surface area contributed by atoms with E-state index in [-0.39, 0.29) is 0 Å². The lowest BCUT2D eigenvalue weighted by Gasteiger charge is -2.16. The van der Waals surface area contributed by atoms with Crippen molar-refractivity contribution >= 4 is 49.0 Å². The molecule has 5 heteroatoms. The van der Waals surface area contributed by atoms with Crippen LogP contribution in [0.2, 0.25) is 0 Å². The molecular formula is C49H29N5. The van der Waals surface area contributed by atoms with Crippen molar-refractivity contribution in [2.75, 3.05) is 0 Å².